The number of thioether (sulfide) groups is 1. The Morgan fingerprint density at radius 3 is 2.69 bits per heavy atom. The van der Waals surface area contributed by atoms with E-state index in [9.17, 15) is 0 Å². The van der Waals surface area contributed by atoms with Crippen LogP contribution in [0.3, 0.4) is 0 Å². The van der Waals surface area contributed by atoms with Crippen molar-refractivity contribution in [2.75, 3.05) is 11.5 Å². The molecule has 1 aliphatic rings. The first kappa shape index (κ1) is 12.0. The van der Waals surface area contributed by atoms with Crippen molar-refractivity contribution in [1.29, 1.82) is 0 Å². The number of nitrogens with one attached hydrogen (secondary N) is 1. The maximum atomic E-state index is 3.71. The molecule has 1 N–H and O–H groups in total. The van der Waals surface area contributed by atoms with Crippen molar-refractivity contribution in [3.63, 3.8) is 0 Å². The van der Waals surface area contributed by atoms with Crippen LogP contribution in [0.2, 0.25) is 0 Å². The molecule has 2 heteroatoms. The molecular formula is C14H21NS. The molecule has 0 radical (unpaired) electrons. The second kappa shape index (κ2) is 5.74. The smallest absolute Gasteiger partial charge is 0.0294 e. The summed E-state index contributed by atoms with van der Waals surface area (Å²) in [6.07, 6.45) is 2.45. The number of aryl methyl sites for hydroxylation is 1. The second-order valence-electron chi connectivity index (χ2n) is 4.54. The van der Waals surface area contributed by atoms with E-state index in [1.165, 1.54) is 29.1 Å². The van der Waals surface area contributed by atoms with Crippen LogP contribution < -0.4 is 5.32 Å². The molecule has 16 heavy (non-hydrogen) atoms. The van der Waals surface area contributed by atoms with Gasteiger partial charge in [-0.15, -0.1) is 0 Å². The Hall–Kier alpha value is -0.470. The van der Waals surface area contributed by atoms with Crippen LogP contribution in [-0.2, 0) is 6.42 Å². The summed E-state index contributed by atoms with van der Waals surface area (Å²) >= 11 is 2.06. The Kier molecular flexibility index (Phi) is 4.30. The van der Waals surface area contributed by atoms with Gasteiger partial charge in [0, 0.05) is 17.8 Å². The fraction of sp³-hybridized carbons (Fsp3) is 0.571. The molecular weight excluding hydrogens is 214 g/mol. The Morgan fingerprint density at radius 1 is 1.38 bits per heavy atom. The first-order valence-corrected chi connectivity index (χ1v) is 7.37. The summed E-state index contributed by atoms with van der Waals surface area (Å²) in [5.74, 6) is 2.59. The van der Waals surface area contributed by atoms with Gasteiger partial charge in [0.25, 0.3) is 0 Å². The van der Waals surface area contributed by atoms with Crippen LogP contribution in [0, 0.1) is 0 Å². The standard InChI is InChI=1S/C14H21NS/c1-3-12-4-6-13(7-5-12)11(2)15-14-8-9-16-10-14/h4-7,11,14-15H,3,8-10H2,1-2H3. The molecule has 0 amide bonds. The van der Waals surface area contributed by atoms with Gasteiger partial charge in [0.2, 0.25) is 0 Å². The SMILES string of the molecule is CCc1ccc(C(C)NC2CCSC2)cc1. The van der Waals surface area contributed by atoms with E-state index in [4.69, 9.17) is 0 Å². The normalized spacial score (nSPS) is 22.2. The molecule has 1 saturated heterocycles. The molecule has 1 aliphatic heterocycles. The zero-order valence-electron chi connectivity index (χ0n) is 10.2. The largest absolute Gasteiger partial charge is 0.307 e. The van der Waals surface area contributed by atoms with E-state index >= 15 is 0 Å². The van der Waals surface area contributed by atoms with Gasteiger partial charge in [-0.05, 0) is 36.6 Å². The van der Waals surface area contributed by atoms with Gasteiger partial charge in [-0.25, -0.2) is 0 Å². The third-order valence-electron chi connectivity index (χ3n) is 3.30. The Morgan fingerprint density at radius 2 is 2.12 bits per heavy atom. The van der Waals surface area contributed by atoms with Gasteiger partial charge in [-0.1, -0.05) is 31.2 Å². The highest BCUT2D eigenvalue weighted by atomic mass is 32.2. The Labute approximate surface area is 103 Å². The molecule has 2 rings (SSSR count). The topological polar surface area (TPSA) is 12.0 Å². The van der Waals surface area contributed by atoms with Gasteiger partial charge >= 0.3 is 0 Å². The third kappa shape index (κ3) is 3.02. The minimum absolute atomic E-state index is 0.481. The first-order chi connectivity index (χ1) is 7.79. The zero-order valence-corrected chi connectivity index (χ0v) is 11.0. The number of benzene rings is 1. The maximum absolute atomic E-state index is 3.71. The van der Waals surface area contributed by atoms with E-state index in [0.29, 0.717) is 12.1 Å². The van der Waals surface area contributed by atoms with Crippen molar-refractivity contribution in [3.05, 3.63) is 35.4 Å². The third-order valence-corrected chi connectivity index (χ3v) is 4.47. The van der Waals surface area contributed by atoms with Gasteiger partial charge in [-0.2, -0.15) is 11.8 Å². The van der Waals surface area contributed by atoms with Crippen molar-refractivity contribution >= 4 is 11.8 Å². The Bertz CT molecular complexity index is 314. The van der Waals surface area contributed by atoms with E-state index in [1.54, 1.807) is 0 Å². The van der Waals surface area contributed by atoms with E-state index < -0.39 is 0 Å². The van der Waals surface area contributed by atoms with Crippen molar-refractivity contribution in [2.24, 2.45) is 0 Å². The molecule has 2 atom stereocenters. The summed E-state index contributed by atoms with van der Waals surface area (Å²) in [5, 5.41) is 3.71. The second-order valence-corrected chi connectivity index (χ2v) is 5.69. The van der Waals surface area contributed by atoms with Crippen molar-refractivity contribution in [1.82, 2.24) is 5.32 Å². The molecule has 2 unspecified atom stereocenters. The quantitative estimate of drug-likeness (QED) is 0.858. The summed E-state index contributed by atoms with van der Waals surface area (Å²) in [6.45, 7) is 4.47. The fourth-order valence-electron chi connectivity index (χ4n) is 2.16. The molecule has 1 fully saturated rings. The monoisotopic (exact) mass is 235 g/mol. The van der Waals surface area contributed by atoms with Gasteiger partial charge in [-0.3, -0.25) is 0 Å². The lowest BCUT2D eigenvalue weighted by Crippen LogP contribution is -2.31. The molecule has 0 spiro atoms. The van der Waals surface area contributed by atoms with E-state index in [2.05, 4.69) is 55.2 Å². The number of rotatable bonds is 4. The highest BCUT2D eigenvalue weighted by Crippen LogP contribution is 2.21. The number of hydrogen-bond acceptors (Lipinski definition) is 2. The molecule has 1 aromatic carbocycles. The van der Waals surface area contributed by atoms with Crippen LogP contribution in [0.1, 0.15) is 37.4 Å². The fourth-order valence-corrected chi connectivity index (χ4v) is 3.32. The lowest BCUT2D eigenvalue weighted by molar-refractivity contribution is 0.486. The summed E-state index contributed by atoms with van der Waals surface area (Å²) < 4.78 is 0. The van der Waals surface area contributed by atoms with Crippen LogP contribution in [0.4, 0.5) is 0 Å². The molecule has 0 aliphatic carbocycles. The lowest BCUT2D eigenvalue weighted by atomic mass is 10.0. The van der Waals surface area contributed by atoms with Crippen LogP contribution >= 0.6 is 11.8 Å². The van der Waals surface area contributed by atoms with Crippen molar-refractivity contribution < 1.29 is 0 Å². The number of hydrogen-bond donors (Lipinski definition) is 1. The van der Waals surface area contributed by atoms with Gasteiger partial charge in [0.05, 0.1) is 0 Å². The van der Waals surface area contributed by atoms with Crippen molar-refractivity contribution in [2.45, 2.75) is 38.8 Å². The van der Waals surface area contributed by atoms with Crippen LogP contribution in [0.15, 0.2) is 24.3 Å². The van der Waals surface area contributed by atoms with Crippen LogP contribution in [0.25, 0.3) is 0 Å². The average Bonchev–Trinajstić information content (AvgIpc) is 2.82. The Balaban J connectivity index is 1.94. The van der Waals surface area contributed by atoms with Crippen molar-refractivity contribution in [3.8, 4) is 0 Å². The van der Waals surface area contributed by atoms with E-state index in [1.807, 2.05) is 0 Å². The summed E-state index contributed by atoms with van der Waals surface area (Å²) in [5.41, 5.74) is 2.83. The molecule has 0 aromatic heterocycles. The molecule has 0 bridgehead atoms. The molecule has 88 valence electrons. The average molecular weight is 235 g/mol. The first-order valence-electron chi connectivity index (χ1n) is 6.22. The summed E-state index contributed by atoms with van der Waals surface area (Å²) in [6, 6.07) is 10.2. The van der Waals surface area contributed by atoms with Gasteiger partial charge < -0.3 is 5.32 Å². The van der Waals surface area contributed by atoms with E-state index in [-0.39, 0.29) is 0 Å². The lowest BCUT2D eigenvalue weighted by Gasteiger charge is -2.19. The zero-order chi connectivity index (χ0) is 11.4. The maximum Gasteiger partial charge on any atom is 0.0294 e. The summed E-state index contributed by atoms with van der Waals surface area (Å²) in [4.78, 5) is 0. The molecule has 1 aromatic rings. The van der Waals surface area contributed by atoms with E-state index in [0.717, 1.165) is 6.42 Å². The van der Waals surface area contributed by atoms with Gasteiger partial charge in [0.15, 0.2) is 0 Å². The highest BCUT2D eigenvalue weighted by Gasteiger charge is 2.17. The van der Waals surface area contributed by atoms with Gasteiger partial charge in [0.1, 0.15) is 0 Å². The molecule has 1 nitrogen and oxygen atoms in total. The molecule has 0 saturated carbocycles. The molecule has 1 heterocycles. The highest BCUT2D eigenvalue weighted by molar-refractivity contribution is 7.99. The minimum atomic E-state index is 0.481. The van der Waals surface area contributed by atoms with Crippen LogP contribution in [0.5, 0.6) is 0 Å². The van der Waals surface area contributed by atoms with Crippen LogP contribution in [-0.4, -0.2) is 17.5 Å². The predicted molar refractivity (Wildman–Crippen MR) is 73.1 cm³/mol. The minimum Gasteiger partial charge on any atom is -0.307 e. The predicted octanol–water partition coefficient (Wildman–Crippen LogP) is 3.41. The summed E-state index contributed by atoms with van der Waals surface area (Å²) in [7, 11) is 0.